The molecule has 3 aromatic rings. The summed E-state index contributed by atoms with van der Waals surface area (Å²) in [5.41, 5.74) is 1.92. The van der Waals surface area contributed by atoms with E-state index in [-0.39, 0.29) is 35.9 Å². The summed E-state index contributed by atoms with van der Waals surface area (Å²) in [6, 6.07) is 16.2. The molecular weight excluding hydrogens is 438 g/mol. The number of benzene rings is 2. The molecule has 0 radical (unpaired) electrons. The lowest BCUT2D eigenvalue weighted by Gasteiger charge is -2.23. The molecular formula is C25H27N3O4S. The summed E-state index contributed by atoms with van der Waals surface area (Å²) in [6.07, 6.45) is 5.05. The molecule has 0 unspecified atom stereocenters. The van der Waals surface area contributed by atoms with Crippen molar-refractivity contribution < 1.29 is 17.9 Å². The minimum absolute atomic E-state index is 0.00565. The monoisotopic (exact) mass is 465 g/mol. The van der Waals surface area contributed by atoms with Crippen LogP contribution >= 0.6 is 0 Å². The Bertz CT molecular complexity index is 1230. The quantitative estimate of drug-likeness (QED) is 0.425. The zero-order valence-electron chi connectivity index (χ0n) is 18.6. The number of nitrogens with zero attached hydrogens (tertiary/aromatic N) is 3. The van der Waals surface area contributed by atoms with E-state index in [1.54, 1.807) is 65.2 Å². The van der Waals surface area contributed by atoms with Gasteiger partial charge in [0.15, 0.2) is 0 Å². The Morgan fingerprint density at radius 3 is 2.48 bits per heavy atom. The Morgan fingerprint density at radius 2 is 1.88 bits per heavy atom. The fourth-order valence-corrected chi connectivity index (χ4v) is 5.28. The molecule has 8 heteroatoms. The standard InChI is InChI=1S/C25H27N3O4S/c1-3-15-27-22(16-26-25(27)33(30,31)18-19-7-5-4-6-8-19)17-28(21-11-12-21)24(29)20-9-13-23(32-2)14-10-20/h3-10,13-14,16,21H,1,11-12,15,17-18H2,2H3. The van der Waals surface area contributed by atoms with Crippen LogP contribution in [0.3, 0.4) is 0 Å². The van der Waals surface area contributed by atoms with Crippen molar-refractivity contribution >= 4 is 15.7 Å². The highest BCUT2D eigenvalue weighted by atomic mass is 32.2. The largest absolute Gasteiger partial charge is 0.497 e. The van der Waals surface area contributed by atoms with E-state index < -0.39 is 9.84 Å². The Morgan fingerprint density at radius 1 is 1.18 bits per heavy atom. The van der Waals surface area contributed by atoms with Gasteiger partial charge < -0.3 is 14.2 Å². The predicted molar refractivity (Wildman–Crippen MR) is 126 cm³/mol. The van der Waals surface area contributed by atoms with Gasteiger partial charge in [0.05, 0.1) is 31.3 Å². The molecule has 7 nitrogen and oxygen atoms in total. The molecule has 1 fully saturated rings. The first kappa shape index (κ1) is 22.8. The summed E-state index contributed by atoms with van der Waals surface area (Å²) < 4.78 is 33.1. The lowest BCUT2D eigenvalue weighted by molar-refractivity contribution is 0.0725. The van der Waals surface area contributed by atoms with Crippen LogP contribution in [0, 0.1) is 0 Å². The lowest BCUT2D eigenvalue weighted by atomic mass is 10.2. The third-order valence-corrected chi connectivity index (χ3v) is 7.20. The van der Waals surface area contributed by atoms with Gasteiger partial charge >= 0.3 is 0 Å². The van der Waals surface area contributed by atoms with E-state index in [0.717, 1.165) is 12.8 Å². The summed E-state index contributed by atoms with van der Waals surface area (Å²) in [4.78, 5) is 19.3. The fourth-order valence-electron chi connectivity index (χ4n) is 3.78. The Balaban J connectivity index is 1.61. The number of hydrogen-bond donors (Lipinski definition) is 0. The van der Waals surface area contributed by atoms with Gasteiger partial charge in [-0.05, 0) is 42.7 Å². The van der Waals surface area contributed by atoms with Gasteiger partial charge in [0.25, 0.3) is 5.91 Å². The Kier molecular flexibility index (Phi) is 6.65. The number of sulfone groups is 1. The van der Waals surface area contributed by atoms with Crippen molar-refractivity contribution in [3.8, 4) is 5.75 Å². The van der Waals surface area contributed by atoms with Crippen LogP contribution in [-0.4, -0.2) is 41.9 Å². The average Bonchev–Trinajstić information content (AvgIpc) is 3.58. The second kappa shape index (κ2) is 9.62. The van der Waals surface area contributed by atoms with Crippen LogP contribution in [0.1, 0.15) is 34.5 Å². The minimum atomic E-state index is -3.68. The zero-order chi connectivity index (χ0) is 23.4. The van der Waals surface area contributed by atoms with E-state index in [1.807, 2.05) is 18.2 Å². The van der Waals surface area contributed by atoms with Gasteiger partial charge in [-0.2, -0.15) is 0 Å². The minimum Gasteiger partial charge on any atom is -0.497 e. The van der Waals surface area contributed by atoms with E-state index in [2.05, 4.69) is 11.6 Å². The second-order valence-electron chi connectivity index (χ2n) is 8.07. The van der Waals surface area contributed by atoms with Gasteiger partial charge in [-0.1, -0.05) is 36.4 Å². The SMILES string of the molecule is C=CCn1c(CN(C(=O)c2ccc(OC)cc2)C2CC2)cnc1S(=O)(=O)Cc1ccccc1. The predicted octanol–water partition coefficient (Wildman–Crippen LogP) is 3.86. The number of carbonyl (C=O) groups is 1. The molecule has 172 valence electrons. The van der Waals surface area contributed by atoms with Crippen LogP contribution in [0.5, 0.6) is 5.75 Å². The third-order valence-electron chi connectivity index (χ3n) is 5.61. The lowest BCUT2D eigenvalue weighted by Crippen LogP contribution is -2.33. The van der Waals surface area contributed by atoms with Gasteiger partial charge in [-0.25, -0.2) is 13.4 Å². The van der Waals surface area contributed by atoms with E-state index in [1.165, 1.54) is 0 Å². The summed E-state index contributed by atoms with van der Waals surface area (Å²) >= 11 is 0. The Hall–Kier alpha value is -3.39. The third kappa shape index (κ3) is 5.17. The van der Waals surface area contributed by atoms with Crippen molar-refractivity contribution in [3.05, 3.63) is 90.3 Å². The molecule has 1 aliphatic rings. The van der Waals surface area contributed by atoms with E-state index >= 15 is 0 Å². The molecule has 2 aromatic carbocycles. The fraction of sp³-hybridized carbons (Fsp3) is 0.280. The summed E-state index contributed by atoms with van der Waals surface area (Å²) in [6.45, 7) is 4.33. The van der Waals surface area contributed by atoms with Gasteiger partial charge in [0.1, 0.15) is 5.75 Å². The highest BCUT2D eigenvalue weighted by Crippen LogP contribution is 2.31. The number of methoxy groups -OCH3 is 1. The number of hydrogen-bond acceptors (Lipinski definition) is 5. The highest BCUT2D eigenvalue weighted by molar-refractivity contribution is 7.90. The van der Waals surface area contributed by atoms with Crippen LogP contribution in [0.25, 0.3) is 0 Å². The van der Waals surface area contributed by atoms with Crippen molar-refractivity contribution in [2.45, 2.75) is 42.9 Å². The molecule has 0 atom stereocenters. The van der Waals surface area contributed by atoms with Crippen LogP contribution < -0.4 is 4.74 Å². The zero-order valence-corrected chi connectivity index (χ0v) is 19.4. The van der Waals surface area contributed by atoms with Gasteiger partial charge in [0, 0.05) is 18.2 Å². The average molecular weight is 466 g/mol. The molecule has 0 spiro atoms. The first-order chi connectivity index (χ1) is 15.9. The number of carbonyl (C=O) groups excluding carboxylic acids is 1. The van der Waals surface area contributed by atoms with Crippen molar-refractivity contribution in [2.24, 2.45) is 0 Å². The maximum absolute atomic E-state index is 13.3. The van der Waals surface area contributed by atoms with Crippen LogP contribution in [0.15, 0.2) is 78.6 Å². The van der Waals surface area contributed by atoms with Gasteiger partial charge in [-0.15, -0.1) is 6.58 Å². The topological polar surface area (TPSA) is 81.5 Å². The molecule has 33 heavy (non-hydrogen) atoms. The van der Waals surface area contributed by atoms with Crippen LogP contribution in [0.2, 0.25) is 0 Å². The van der Waals surface area contributed by atoms with Gasteiger partial charge in [-0.3, -0.25) is 4.79 Å². The van der Waals surface area contributed by atoms with Crippen LogP contribution in [-0.2, 0) is 28.7 Å². The molecule has 1 heterocycles. The first-order valence-electron chi connectivity index (χ1n) is 10.8. The maximum atomic E-state index is 13.3. The summed E-state index contributed by atoms with van der Waals surface area (Å²) in [7, 11) is -2.10. The number of rotatable bonds is 10. The van der Waals surface area contributed by atoms with Gasteiger partial charge in [0.2, 0.25) is 15.0 Å². The number of imidazole rings is 1. The number of allylic oxidation sites excluding steroid dienone is 1. The Labute approximate surface area is 194 Å². The van der Waals surface area contributed by atoms with Crippen molar-refractivity contribution in [2.75, 3.05) is 7.11 Å². The number of amides is 1. The smallest absolute Gasteiger partial charge is 0.254 e. The molecule has 1 saturated carbocycles. The molecule has 0 saturated heterocycles. The normalized spacial score (nSPS) is 13.5. The molecule has 0 bridgehead atoms. The molecule has 4 rings (SSSR count). The van der Waals surface area contributed by atoms with E-state index in [4.69, 9.17) is 4.74 Å². The van der Waals surface area contributed by atoms with Crippen molar-refractivity contribution in [3.63, 3.8) is 0 Å². The second-order valence-corrected chi connectivity index (χ2v) is 9.95. The van der Waals surface area contributed by atoms with E-state index in [0.29, 0.717) is 22.6 Å². The van der Waals surface area contributed by atoms with Crippen LogP contribution in [0.4, 0.5) is 0 Å². The molecule has 0 N–H and O–H groups in total. The summed E-state index contributed by atoms with van der Waals surface area (Å²) in [5.74, 6) is 0.445. The molecule has 1 aromatic heterocycles. The maximum Gasteiger partial charge on any atom is 0.254 e. The highest BCUT2D eigenvalue weighted by Gasteiger charge is 2.34. The van der Waals surface area contributed by atoms with Crippen molar-refractivity contribution in [1.82, 2.24) is 14.5 Å². The van der Waals surface area contributed by atoms with Crippen molar-refractivity contribution in [1.29, 1.82) is 0 Å². The first-order valence-corrected chi connectivity index (χ1v) is 12.4. The molecule has 1 aliphatic carbocycles. The molecule has 1 amide bonds. The number of aromatic nitrogens is 2. The number of ether oxygens (including phenoxy) is 1. The molecule has 0 aliphatic heterocycles. The van der Waals surface area contributed by atoms with E-state index in [9.17, 15) is 13.2 Å². The summed E-state index contributed by atoms with van der Waals surface area (Å²) in [5, 5.41) is -0.00565.